The summed E-state index contributed by atoms with van der Waals surface area (Å²) < 4.78 is 0. The molecule has 0 saturated carbocycles. The number of nitrogens with zero attached hydrogens (tertiary/aromatic N) is 2. The van der Waals surface area contributed by atoms with Crippen LogP contribution in [0.2, 0.25) is 0 Å². The second-order valence-electron chi connectivity index (χ2n) is 5.19. The maximum absolute atomic E-state index is 11.5. The van der Waals surface area contributed by atoms with Crippen LogP contribution in [0.5, 0.6) is 0 Å². The average molecular weight is 265 g/mol. The van der Waals surface area contributed by atoms with E-state index in [4.69, 9.17) is 0 Å². The minimum atomic E-state index is -0.0941. The lowest BCUT2D eigenvalue weighted by Crippen LogP contribution is -2.45. The van der Waals surface area contributed by atoms with Gasteiger partial charge < -0.3 is 15.6 Å². The van der Waals surface area contributed by atoms with Gasteiger partial charge in [-0.2, -0.15) is 0 Å². The molecule has 106 valence electrons. The van der Waals surface area contributed by atoms with Crippen molar-refractivity contribution in [2.75, 3.05) is 44.6 Å². The molecule has 0 aliphatic carbocycles. The van der Waals surface area contributed by atoms with Crippen LogP contribution in [-0.2, 0) is 0 Å². The van der Waals surface area contributed by atoms with E-state index < -0.39 is 0 Å². The molecule has 2 rings (SSSR count). The third kappa shape index (κ3) is 4.33. The van der Waals surface area contributed by atoms with Crippen molar-refractivity contribution in [1.82, 2.24) is 20.2 Å². The van der Waals surface area contributed by atoms with E-state index >= 15 is 0 Å². The molecule has 0 radical (unpaired) electrons. The number of hydrogen-bond donors (Lipinski definition) is 3. The van der Waals surface area contributed by atoms with Gasteiger partial charge in [-0.1, -0.05) is 13.8 Å². The summed E-state index contributed by atoms with van der Waals surface area (Å²) in [6.07, 6.45) is 0. The normalized spacial score (nSPS) is 16.8. The molecule has 1 saturated heterocycles. The predicted molar refractivity (Wildman–Crippen MR) is 76.7 cm³/mol. The van der Waals surface area contributed by atoms with Gasteiger partial charge in [0, 0.05) is 51.3 Å². The first-order valence-electron chi connectivity index (χ1n) is 6.93. The second kappa shape index (κ2) is 6.68. The Morgan fingerprint density at radius 1 is 1.42 bits per heavy atom. The van der Waals surface area contributed by atoms with Crippen LogP contribution in [0.25, 0.3) is 0 Å². The molecule has 1 aliphatic rings. The number of piperazine rings is 1. The monoisotopic (exact) mass is 265 g/mol. The zero-order valence-electron chi connectivity index (χ0n) is 11.7. The van der Waals surface area contributed by atoms with Crippen LogP contribution < -0.4 is 16.2 Å². The summed E-state index contributed by atoms with van der Waals surface area (Å²) >= 11 is 0. The zero-order chi connectivity index (χ0) is 13.7. The molecule has 0 bridgehead atoms. The van der Waals surface area contributed by atoms with Gasteiger partial charge in [0.25, 0.3) is 5.56 Å². The smallest absolute Gasteiger partial charge is 0.252 e. The lowest BCUT2D eigenvalue weighted by Gasteiger charge is -2.27. The van der Waals surface area contributed by atoms with Gasteiger partial charge in [0.1, 0.15) is 11.6 Å². The number of anilines is 1. The minimum Gasteiger partial charge on any atom is -0.369 e. The molecule has 6 nitrogen and oxygen atoms in total. The van der Waals surface area contributed by atoms with E-state index in [1.807, 2.05) is 13.8 Å². The first-order valence-corrected chi connectivity index (χ1v) is 6.93. The van der Waals surface area contributed by atoms with Gasteiger partial charge >= 0.3 is 0 Å². The van der Waals surface area contributed by atoms with Crippen molar-refractivity contribution in [2.45, 2.75) is 19.8 Å². The summed E-state index contributed by atoms with van der Waals surface area (Å²) in [5.74, 6) is 1.63. The van der Waals surface area contributed by atoms with E-state index in [-0.39, 0.29) is 11.5 Å². The van der Waals surface area contributed by atoms with Crippen LogP contribution in [0.15, 0.2) is 10.9 Å². The Labute approximate surface area is 113 Å². The first kappa shape index (κ1) is 14.0. The van der Waals surface area contributed by atoms with Crippen LogP contribution in [0.3, 0.4) is 0 Å². The van der Waals surface area contributed by atoms with Crippen LogP contribution in [-0.4, -0.2) is 54.1 Å². The summed E-state index contributed by atoms with van der Waals surface area (Å²) in [6, 6.07) is 1.52. The van der Waals surface area contributed by atoms with Crippen molar-refractivity contribution in [3.8, 4) is 0 Å². The number of hydrogen-bond acceptors (Lipinski definition) is 5. The fourth-order valence-electron chi connectivity index (χ4n) is 2.12. The average Bonchev–Trinajstić information content (AvgIpc) is 2.39. The Kier molecular flexibility index (Phi) is 4.93. The van der Waals surface area contributed by atoms with E-state index in [1.165, 1.54) is 6.07 Å². The molecule has 0 amide bonds. The Morgan fingerprint density at radius 2 is 2.16 bits per heavy atom. The van der Waals surface area contributed by atoms with E-state index in [2.05, 4.69) is 25.5 Å². The maximum atomic E-state index is 11.5. The second-order valence-corrected chi connectivity index (χ2v) is 5.19. The van der Waals surface area contributed by atoms with Gasteiger partial charge in [0.15, 0.2) is 0 Å². The molecule has 2 heterocycles. The molecular weight excluding hydrogens is 242 g/mol. The van der Waals surface area contributed by atoms with Crippen molar-refractivity contribution < 1.29 is 0 Å². The zero-order valence-corrected chi connectivity index (χ0v) is 11.7. The molecule has 6 heteroatoms. The highest BCUT2D eigenvalue weighted by atomic mass is 16.1. The summed E-state index contributed by atoms with van der Waals surface area (Å²) in [5.41, 5.74) is -0.0941. The molecule has 1 fully saturated rings. The number of aromatic nitrogens is 2. The Hall–Kier alpha value is -1.40. The molecule has 3 N–H and O–H groups in total. The summed E-state index contributed by atoms with van der Waals surface area (Å²) in [7, 11) is 0. The third-order valence-corrected chi connectivity index (χ3v) is 3.25. The fourth-order valence-corrected chi connectivity index (χ4v) is 2.12. The standard InChI is InChI=1S/C13H23N5O/c1-10(2)13-16-11(9-12(19)17-13)15-5-8-18-6-3-14-4-7-18/h9-10,14H,3-8H2,1-2H3,(H2,15,16,17,19). The van der Waals surface area contributed by atoms with Crippen LogP contribution in [0, 0.1) is 0 Å². The van der Waals surface area contributed by atoms with E-state index in [0.29, 0.717) is 5.82 Å². The largest absolute Gasteiger partial charge is 0.369 e. The molecule has 0 aromatic carbocycles. The van der Waals surface area contributed by atoms with Gasteiger partial charge in [-0.15, -0.1) is 0 Å². The van der Waals surface area contributed by atoms with Crippen molar-refractivity contribution >= 4 is 5.82 Å². The van der Waals surface area contributed by atoms with Crippen LogP contribution >= 0.6 is 0 Å². The summed E-state index contributed by atoms with van der Waals surface area (Å²) in [6.45, 7) is 10.1. The van der Waals surface area contributed by atoms with Crippen molar-refractivity contribution in [3.05, 3.63) is 22.2 Å². The number of aromatic amines is 1. The molecule has 19 heavy (non-hydrogen) atoms. The highest BCUT2D eigenvalue weighted by molar-refractivity contribution is 5.33. The summed E-state index contributed by atoms with van der Waals surface area (Å²) in [5, 5.41) is 6.57. The lowest BCUT2D eigenvalue weighted by molar-refractivity contribution is 0.249. The van der Waals surface area contributed by atoms with Crippen molar-refractivity contribution in [2.24, 2.45) is 0 Å². The molecule has 0 atom stereocenters. The van der Waals surface area contributed by atoms with Gasteiger partial charge in [-0.05, 0) is 0 Å². The van der Waals surface area contributed by atoms with Gasteiger partial charge in [-0.25, -0.2) is 4.98 Å². The lowest BCUT2D eigenvalue weighted by atomic mass is 10.2. The minimum absolute atomic E-state index is 0.0941. The predicted octanol–water partition coefficient (Wildman–Crippen LogP) is 0.210. The molecule has 1 aromatic heterocycles. The molecule has 1 aromatic rings. The van der Waals surface area contributed by atoms with E-state index in [1.54, 1.807) is 0 Å². The highest BCUT2D eigenvalue weighted by Crippen LogP contribution is 2.08. The molecule has 0 spiro atoms. The van der Waals surface area contributed by atoms with Crippen molar-refractivity contribution in [3.63, 3.8) is 0 Å². The Balaban J connectivity index is 1.86. The van der Waals surface area contributed by atoms with Crippen LogP contribution in [0.1, 0.15) is 25.6 Å². The van der Waals surface area contributed by atoms with E-state index in [9.17, 15) is 4.79 Å². The van der Waals surface area contributed by atoms with E-state index in [0.717, 1.165) is 45.1 Å². The topological polar surface area (TPSA) is 73.1 Å². The highest BCUT2D eigenvalue weighted by Gasteiger charge is 2.09. The fraction of sp³-hybridized carbons (Fsp3) is 0.692. The maximum Gasteiger partial charge on any atom is 0.252 e. The van der Waals surface area contributed by atoms with Gasteiger partial charge in [0.2, 0.25) is 0 Å². The summed E-state index contributed by atoms with van der Waals surface area (Å²) in [4.78, 5) is 21.1. The quantitative estimate of drug-likeness (QED) is 0.710. The number of nitrogens with one attached hydrogen (secondary N) is 3. The number of H-pyrrole nitrogens is 1. The Morgan fingerprint density at radius 3 is 2.84 bits per heavy atom. The SMILES string of the molecule is CC(C)c1nc(NCCN2CCNCC2)cc(=O)[nH]1. The van der Waals surface area contributed by atoms with Gasteiger partial charge in [-0.3, -0.25) is 9.69 Å². The molecule has 0 unspecified atom stereocenters. The third-order valence-electron chi connectivity index (χ3n) is 3.25. The number of rotatable bonds is 5. The first-order chi connectivity index (χ1) is 9.15. The van der Waals surface area contributed by atoms with Crippen molar-refractivity contribution in [1.29, 1.82) is 0 Å². The molecule has 1 aliphatic heterocycles. The van der Waals surface area contributed by atoms with Crippen LogP contribution in [0.4, 0.5) is 5.82 Å². The van der Waals surface area contributed by atoms with Gasteiger partial charge in [0.05, 0.1) is 0 Å². The Bertz CT molecular complexity index is 451. The molecular formula is C13H23N5O.